The van der Waals surface area contributed by atoms with Crippen molar-refractivity contribution in [3.63, 3.8) is 0 Å². The van der Waals surface area contributed by atoms with E-state index in [1.165, 1.54) is 6.07 Å². The number of aromatic hydroxyl groups is 1. The lowest BCUT2D eigenvalue weighted by Gasteiger charge is -2.11. The number of aliphatic hydroxyl groups is 1. The van der Waals surface area contributed by atoms with Crippen LogP contribution in [0.5, 0.6) is 5.75 Å². The van der Waals surface area contributed by atoms with Crippen LogP contribution in [0.4, 0.5) is 4.39 Å². The smallest absolute Gasteiger partial charge is 0.166 e. The molecule has 0 heterocycles. The summed E-state index contributed by atoms with van der Waals surface area (Å²) in [5, 5.41) is 18.0. The normalized spacial score (nSPS) is 12.9. The van der Waals surface area contributed by atoms with Gasteiger partial charge in [0.2, 0.25) is 0 Å². The van der Waals surface area contributed by atoms with Crippen LogP contribution in [-0.2, 0) is 0 Å². The van der Waals surface area contributed by atoms with Crippen LogP contribution in [0.2, 0.25) is 5.02 Å². The maximum atomic E-state index is 12.9. The average molecular weight is 206 g/mol. The van der Waals surface area contributed by atoms with Gasteiger partial charge in [0.15, 0.2) is 11.6 Å². The Hall–Kier alpha value is -0.840. The second-order valence-corrected chi connectivity index (χ2v) is 3.05. The summed E-state index contributed by atoms with van der Waals surface area (Å²) < 4.78 is 12.9. The Morgan fingerprint density at radius 2 is 2.15 bits per heavy atom. The molecule has 0 saturated carbocycles. The average Bonchev–Trinajstić information content (AvgIpc) is 2.10. The van der Waals surface area contributed by atoms with Crippen LogP contribution in [-0.4, -0.2) is 16.8 Å². The van der Waals surface area contributed by atoms with Gasteiger partial charge in [-0.2, -0.15) is 0 Å². The van der Waals surface area contributed by atoms with Crippen molar-refractivity contribution in [2.75, 3.05) is 6.61 Å². The topological polar surface area (TPSA) is 66.5 Å². The molecule has 0 aromatic heterocycles. The highest BCUT2D eigenvalue weighted by Crippen LogP contribution is 2.29. The summed E-state index contributed by atoms with van der Waals surface area (Å²) >= 11 is 5.53. The first-order chi connectivity index (χ1) is 6.06. The quantitative estimate of drug-likeness (QED) is 0.679. The lowest BCUT2D eigenvalue weighted by molar-refractivity contribution is 0.264. The van der Waals surface area contributed by atoms with Crippen molar-refractivity contribution in [2.24, 2.45) is 5.73 Å². The Balaban J connectivity index is 3.20. The molecule has 1 rings (SSSR count). The van der Waals surface area contributed by atoms with Gasteiger partial charge in [-0.3, -0.25) is 0 Å². The fourth-order valence-corrected chi connectivity index (χ4v) is 1.18. The molecule has 3 nitrogen and oxygen atoms in total. The maximum Gasteiger partial charge on any atom is 0.166 e. The molecule has 4 N–H and O–H groups in total. The van der Waals surface area contributed by atoms with Crippen LogP contribution < -0.4 is 5.73 Å². The first-order valence-electron chi connectivity index (χ1n) is 3.60. The predicted octanol–water partition coefficient (Wildman–Crippen LogP) is 1.18. The first-order valence-corrected chi connectivity index (χ1v) is 3.98. The molecule has 0 bridgehead atoms. The van der Waals surface area contributed by atoms with Crippen LogP contribution in [0, 0.1) is 5.82 Å². The van der Waals surface area contributed by atoms with E-state index in [1.807, 2.05) is 0 Å². The van der Waals surface area contributed by atoms with Gasteiger partial charge in [0, 0.05) is 10.6 Å². The second kappa shape index (κ2) is 3.91. The Bertz CT molecular complexity index is 319. The van der Waals surface area contributed by atoms with E-state index < -0.39 is 17.6 Å². The molecule has 0 aliphatic heterocycles. The van der Waals surface area contributed by atoms with Gasteiger partial charge in [-0.25, -0.2) is 4.39 Å². The van der Waals surface area contributed by atoms with Gasteiger partial charge in [0.1, 0.15) is 0 Å². The Morgan fingerprint density at radius 3 is 2.69 bits per heavy atom. The molecule has 0 amide bonds. The number of aliphatic hydroxyl groups excluding tert-OH is 1. The molecule has 0 aliphatic carbocycles. The first kappa shape index (κ1) is 10.2. The monoisotopic (exact) mass is 205 g/mol. The van der Waals surface area contributed by atoms with Crippen LogP contribution in [0.25, 0.3) is 0 Å². The summed E-state index contributed by atoms with van der Waals surface area (Å²) in [6, 6.07) is 1.47. The third-order valence-corrected chi connectivity index (χ3v) is 1.87. The van der Waals surface area contributed by atoms with E-state index in [0.29, 0.717) is 0 Å². The fraction of sp³-hybridized carbons (Fsp3) is 0.250. The second-order valence-electron chi connectivity index (χ2n) is 2.61. The molecule has 0 aliphatic rings. The SMILES string of the molecule is N[C@H](CO)c1cc(Cl)cc(F)c1O. The molecule has 1 aromatic carbocycles. The lowest BCUT2D eigenvalue weighted by Crippen LogP contribution is -2.14. The van der Waals surface area contributed by atoms with E-state index in [2.05, 4.69) is 0 Å². The fourth-order valence-electron chi connectivity index (χ4n) is 0.967. The van der Waals surface area contributed by atoms with E-state index in [9.17, 15) is 9.50 Å². The third-order valence-electron chi connectivity index (χ3n) is 1.65. The zero-order chi connectivity index (χ0) is 10.0. The summed E-state index contributed by atoms with van der Waals surface area (Å²) in [7, 11) is 0. The number of rotatable bonds is 2. The molecule has 13 heavy (non-hydrogen) atoms. The molecule has 0 fully saturated rings. The largest absolute Gasteiger partial charge is 0.505 e. The lowest BCUT2D eigenvalue weighted by atomic mass is 10.1. The molecule has 1 atom stereocenters. The van der Waals surface area contributed by atoms with Gasteiger partial charge in [0.05, 0.1) is 12.6 Å². The van der Waals surface area contributed by atoms with E-state index in [-0.39, 0.29) is 17.2 Å². The number of hydrogen-bond acceptors (Lipinski definition) is 3. The Kier molecular flexibility index (Phi) is 3.08. The predicted molar refractivity (Wildman–Crippen MR) is 47.1 cm³/mol. The van der Waals surface area contributed by atoms with Crippen LogP contribution in [0.3, 0.4) is 0 Å². The number of phenolic OH excluding ortho intramolecular Hbond substituents is 1. The van der Waals surface area contributed by atoms with Crippen molar-refractivity contribution in [3.8, 4) is 5.75 Å². The van der Waals surface area contributed by atoms with Gasteiger partial charge >= 0.3 is 0 Å². The van der Waals surface area contributed by atoms with Gasteiger partial charge in [-0.15, -0.1) is 0 Å². The standard InChI is InChI=1S/C8H9ClFNO2/c9-4-1-5(7(11)3-12)8(13)6(10)2-4/h1-2,7,12-13H,3,11H2/t7-/m1/s1. The molecule has 1 aromatic rings. The minimum atomic E-state index is -0.841. The van der Waals surface area contributed by atoms with E-state index in [1.54, 1.807) is 0 Å². The van der Waals surface area contributed by atoms with Gasteiger partial charge < -0.3 is 15.9 Å². The molecular weight excluding hydrogens is 197 g/mol. The third kappa shape index (κ3) is 2.09. The van der Waals surface area contributed by atoms with Crippen molar-refractivity contribution >= 4 is 11.6 Å². The molecule has 5 heteroatoms. The summed E-state index contributed by atoms with van der Waals surface area (Å²) in [5.74, 6) is -1.41. The molecule has 0 unspecified atom stereocenters. The number of benzene rings is 1. The number of phenols is 1. The zero-order valence-electron chi connectivity index (χ0n) is 6.67. The molecule has 0 radical (unpaired) electrons. The van der Waals surface area contributed by atoms with Gasteiger partial charge in [-0.05, 0) is 12.1 Å². The molecule has 72 valence electrons. The highest BCUT2D eigenvalue weighted by Gasteiger charge is 2.14. The molecular formula is C8H9ClFNO2. The molecule has 0 spiro atoms. The minimum absolute atomic E-state index is 0.104. The number of halogens is 2. The summed E-state index contributed by atoms with van der Waals surface area (Å²) in [6.07, 6.45) is 0. The Labute approximate surface area is 79.6 Å². The van der Waals surface area contributed by atoms with Crippen molar-refractivity contribution in [1.82, 2.24) is 0 Å². The summed E-state index contributed by atoms with van der Waals surface area (Å²) in [4.78, 5) is 0. The number of hydrogen-bond donors (Lipinski definition) is 3. The van der Waals surface area contributed by atoms with Crippen molar-refractivity contribution < 1.29 is 14.6 Å². The van der Waals surface area contributed by atoms with E-state index >= 15 is 0 Å². The van der Waals surface area contributed by atoms with Crippen LogP contribution >= 0.6 is 11.6 Å². The van der Waals surface area contributed by atoms with E-state index in [4.69, 9.17) is 22.4 Å². The van der Waals surface area contributed by atoms with Crippen molar-refractivity contribution in [2.45, 2.75) is 6.04 Å². The Morgan fingerprint density at radius 1 is 1.54 bits per heavy atom. The van der Waals surface area contributed by atoms with Crippen LogP contribution in [0.1, 0.15) is 11.6 Å². The van der Waals surface area contributed by atoms with Crippen molar-refractivity contribution in [1.29, 1.82) is 0 Å². The highest BCUT2D eigenvalue weighted by atomic mass is 35.5. The van der Waals surface area contributed by atoms with Crippen molar-refractivity contribution in [3.05, 3.63) is 28.5 Å². The summed E-state index contributed by atoms with van der Waals surface area (Å²) in [5.41, 5.74) is 5.50. The minimum Gasteiger partial charge on any atom is -0.505 e. The maximum absolute atomic E-state index is 12.9. The van der Waals surface area contributed by atoms with Gasteiger partial charge in [-0.1, -0.05) is 11.6 Å². The van der Waals surface area contributed by atoms with E-state index in [0.717, 1.165) is 6.07 Å². The molecule has 0 saturated heterocycles. The highest BCUT2D eigenvalue weighted by molar-refractivity contribution is 6.30. The van der Waals surface area contributed by atoms with Crippen LogP contribution in [0.15, 0.2) is 12.1 Å². The zero-order valence-corrected chi connectivity index (χ0v) is 7.42. The summed E-state index contributed by atoms with van der Waals surface area (Å²) in [6.45, 7) is -0.382. The number of nitrogens with two attached hydrogens (primary N) is 1. The van der Waals surface area contributed by atoms with Gasteiger partial charge in [0.25, 0.3) is 0 Å².